The smallest absolute Gasteiger partial charge is 0.335 e. The highest BCUT2D eigenvalue weighted by Gasteiger charge is 2.39. The van der Waals surface area contributed by atoms with Crippen molar-refractivity contribution in [1.29, 1.82) is 0 Å². The molecule has 0 fully saturated rings. The SMILES string of the molecule is CC(C)(C)[Si](C)(C)Oc1cc2ccc(C(=O)O)cc2[nH]1. The van der Waals surface area contributed by atoms with Gasteiger partial charge >= 0.3 is 5.97 Å². The normalized spacial score (nSPS) is 12.7. The summed E-state index contributed by atoms with van der Waals surface area (Å²) in [5.41, 5.74) is 1.07. The summed E-state index contributed by atoms with van der Waals surface area (Å²) in [6.07, 6.45) is 0. The second kappa shape index (κ2) is 4.66. The van der Waals surface area contributed by atoms with Crippen LogP contribution in [0.4, 0.5) is 0 Å². The standard InChI is InChI=1S/C15H21NO3Si/c1-15(2,3)20(4,5)19-13-9-10-6-7-11(14(17)18)8-12(10)16-13/h6-9,16H,1-5H3,(H,17,18). The van der Waals surface area contributed by atoms with E-state index >= 15 is 0 Å². The molecule has 0 radical (unpaired) electrons. The number of fused-ring (bicyclic) bond motifs is 1. The molecule has 1 heterocycles. The van der Waals surface area contributed by atoms with Crippen molar-refractivity contribution in [1.82, 2.24) is 4.98 Å². The first kappa shape index (κ1) is 14.7. The molecule has 0 saturated heterocycles. The zero-order valence-corrected chi connectivity index (χ0v) is 13.6. The van der Waals surface area contributed by atoms with Crippen LogP contribution in [-0.2, 0) is 0 Å². The van der Waals surface area contributed by atoms with E-state index in [1.807, 2.05) is 6.07 Å². The van der Waals surface area contributed by atoms with Crippen LogP contribution >= 0.6 is 0 Å². The van der Waals surface area contributed by atoms with E-state index < -0.39 is 14.3 Å². The molecule has 0 atom stereocenters. The van der Waals surface area contributed by atoms with Gasteiger partial charge in [-0.3, -0.25) is 0 Å². The first-order valence-electron chi connectivity index (χ1n) is 6.65. The van der Waals surface area contributed by atoms with E-state index in [9.17, 15) is 4.79 Å². The van der Waals surface area contributed by atoms with Gasteiger partial charge in [0.15, 0.2) is 5.88 Å². The fraction of sp³-hybridized carbons (Fsp3) is 0.400. The lowest BCUT2D eigenvalue weighted by atomic mass is 10.2. The molecule has 0 unspecified atom stereocenters. The molecule has 2 rings (SSSR count). The minimum absolute atomic E-state index is 0.122. The summed E-state index contributed by atoms with van der Waals surface area (Å²) < 4.78 is 6.19. The third-order valence-corrected chi connectivity index (χ3v) is 8.36. The highest BCUT2D eigenvalue weighted by Crippen LogP contribution is 2.37. The van der Waals surface area contributed by atoms with Crippen molar-refractivity contribution in [2.75, 3.05) is 0 Å². The molecular formula is C15H21NO3Si. The predicted molar refractivity (Wildman–Crippen MR) is 83.1 cm³/mol. The molecule has 4 nitrogen and oxygen atoms in total. The maximum absolute atomic E-state index is 11.0. The lowest BCUT2D eigenvalue weighted by Crippen LogP contribution is -2.43. The van der Waals surface area contributed by atoms with Gasteiger partial charge in [-0.1, -0.05) is 26.8 Å². The van der Waals surface area contributed by atoms with Crippen LogP contribution in [0.15, 0.2) is 24.3 Å². The van der Waals surface area contributed by atoms with Crippen molar-refractivity contribution in [3.8, 4) is 5.88 Å². The fourth-order valence-corrected chi connectivity index (χ4v) is 2.68. The average Bonchev–Trinajstić information content (AvgIpc) is 2.67. The molecule has 0 bridgehead atoms. The molecule has 5 heteroatoms. The van der Waals surface area contributed by atoms with Gasteiger partial charge in [0.05, 0.1) is 5.56 Å². The van der Waals surface area contributed by atoms with Crippen molar-refractivity contribution in [2.24, 2.45) is 0 Å². The second-order valence-electron chi connectivity index (χ2n) is 6.60. The maximum atomic E-state index is 11.0. The number of aromatic nitrogens is 1. The topological polar surface area (TPSA) is 62.3 Å². The Balaban J connectivity index is 2.35. The molecule has 0 spiro atoms. The number of carboxylic acids is 1. The number of H-pyrrole nitrogens is 1. The maximum Gasteiger partial charge on any atom is 0.335 e. The van der Waals surface area contributed by atoms with Crippen molar-refractivity contribution >= 4 is 25.2 Å². The molecule has 108 valence electrons. The second-order valence-corrected chi connectivity index (χ2v) is 11.3. The number of aromatic amines is 1. The van der Waals surface area contributed by atoms with E-state index in [0.717, 1.165) is 10.9 Å². The van der Waals surface area contributed by atoms with Crippen LogP contribution in [0.5, 0.6) is 5.88 Å². The van der Waals surface area contributed by atoms with Crippen molar-refractivity contribution in [2.45, 2.75) is 38.9 Å². The summed E-state index contributed by atoms with van der Waals surface area (Å²) in [4.78, 5) is 14.1. The number of nitrogens with one attached hydrogen (secondary N) is 1. The van der Waals surface area contributed by atoms with E-state index in [1.54, 1.807) is 18.2 Å². The zero-order chi connectivity index (χ0) is 15.1. The third-order valence-electron chi connectivity index (χ3n) is 4.02. The average molecular weight is 291 g/mol. The zero-order valence-electron chi connectivity index (χ0n) is 12.6. The van der Waals surface area contributed by atoms with Gasteiger partial charge in [0, 0.05) is 17.0 Å². The Morgan fingerprint density at radius 1 is 1.25 bits per heavy atom. The van der Waals surface area contributed by atoms with Gasteiger partial charge in [0.25, 0.3) is 8.32 Å². The Hall–Kier alpha value is -1.75. The number of hydrogen-bond donors (Lipinski definition) is 2. The van der Waals surface area contributed by atoms with Gasteiger partial charge in [-0.25, -0.2) is 4.79 Å². The third kappa shape index (κ3) is 2.72. The van der Waals surface area contributed by atoms with Crippen LogP contribution in [0, 0.1) is 0 Å². The predicted octanol–water partition coefficient (Wildman–Crippen LogP) is 4.25. The minimum Gasteiger partial charge on any atom is -0.532 e. The number of aromatic carboxylic acids is 1. The number of hydrogen-bond acceptors (Lipinski definition) is 2. The Bertz CT molecular complexity index is 653. The summed E-state index contributed by atoms with van der Waals surface area (Å²) >= 11 is 0. The summed E-state index contributed by atoms with van der Waals surface area (Å²) in [7, 11) is -1.89. The van der Waals surface area contributed by atoms with E-state index in [0.29, 0.717) is 5.88 Å². The Morgan fingerprint density at radius 3 is 2.45 bits per heavy atom. The molecule has 1 aromatic carbocycles. The summed E-state index contributed by atoms with van der Waals surface area (Å²) in [5, 5.41) is 10.1. The van der Waals surface area contributed by atoms with Gasteiger partial charge < -0.3 is 14.5 Å². The largest absolute Gasteiger partial charge is 0.532 e. The summed E-state index contributed by atoms with van der Waals surface area (Å²) in [6.45, 7) is 10.9. The number of carboxylic acid groups (broad SMARTS) is 1. The Labute approximate surface area is 119 Å². The van der Waals surface area contributed by atoms with E-state index in [2.05, 4.69) is 38.8 Å². The summed E-state index contributed by atoms with van der Waals surface area (Å²) in [5.74, 6) is -0.206. The molecule has 2 aromatic rings. The van der Waals surface area contributed by atoms with Crippen molar-refractivity contribution in [3.05, 3.63) is 29.8 Å². The highest BCUT2D eigenvalue weighted by atomic mass is 28.4. The lowest BCUT2D eigenvalue weighted by molar-refractivity contribution is 0.0697. The van der Waals surface area contributed by atoms with Gasteiger partial charge in [0.1, 0.15) is 0 Å². The molecule has 20 heavy (non-hydrogen) atoms. The van der Waals surface area contributed by atoms with Crippen molar-refractivity contribution in [3.63, 3.8) is 0 Å². The molecule has 0 amide bonds. The Kier molecular flexibility index (Phi) is 3.42. The molecule has 0 aliphatic carbocycles. The van der Waals surface area contributed by atoms with Crippen LogP contribution in [0.2, 0.25) is 18.1 Å². The van der Waals surface area contributed by atoms with Crippen LogP contribution in [0.1, 0.15) is 31.1 Å². The summed E-state index contributed by atoms with van der Waals surface area (Å²) in [6, 6.07) is 6.97. The molecule has 0 saturated carbocycles. The quantitative estimate of drug-likeness (QED) is 0.831. The van der Waals surface area contributed by atoms with Gasteiger partial charge in [-0.2, -0.15) is 0 Å². The molecule has 0 aliphatic heterocycles. The van der Waals surface area contributed by atoms with Crippen LogP contribution in [0.25, 0.3) is 10.9 Å². The van der Waals surface area contributed by atoms with Crippen molar-refractivity contribution < 1.29 is 14.3 Å². The minimum atomic E-state index is -1.89. The molecule has 1 aromatic heterocycles. The van der Waals surface area contributed by atoms with Crippen LogP contribution in [0.3, 0.4) is 0 Å². The number of benzene rings is 1. The number of rotatable bonds is 3. The number of carbonyl (C=O) groups is 1. The van der Waals surface area contributed by atoms with Crippen LogP contribution < -0.4 is 4.43 Å². The molecular weight excluding hydrogens is 270 g/mol. The van der Waals surface area contributed by atoms with Gasteiger partial charge in [0.2, 0.25) is 0 Å². The first-order valence-corrected chi connectivity index (χ1v) is 9.56. The van der Waals surface area contributed by atoms with E-state index in [4.69, 9.17) is 9.53 Å². The highest BCUT2D eigenvalue weighted by molar-refractivity contribution is 6.74. The van der Waals surface area contributed by atoms with E-state index in [-0.39, 0.29) is 10.6 Å². The Morgan fingerprint density at radius 2 is 1.90 bits per heavy atom. The van der Waals surface area contributed by atoms with Gasteiger partial charge in [-0.05, 0) is 30.3 Å². The molecule has 2 N–H and O–H groups in total. The fourth-order valence-electron chi connectivity index (χ4n) is 1.72. The van der Waals surface area contributed by atoms with E-state index in [1.165, 1.54) is 0 Å². The monoisotopic (exact) mass is 291 g/mol. The first-order chi connectivity index (χ1) is 9.10. The van der Waals surface area contributed by atoms with Crippen LogP contribution in [-0.4, -0.2) is 24.4 Å². The molecule has 0 aliphatic rings. The lowest BCUT2D eigenvalue weighted by Gasteiger charge is -2.35. The van der Waals surface area contributed by atoms with Gasteiger partial charge in [-0.15, -0.1) is 0 Å².